The molecule has 18 heavy (non-hydrogen) atoms. The van der Waals surface area contributed by atoms with Gasteiger partial charge in [-0.05, 0) is 13.3 Å². The fourth-order valence-electron chi connectivity index (χ4n) is 1.30. The molecule has 0 aliphatic rings. The van der Waals surface area contributed by atoms with E-state index in [1.54, 1.807) is 7.11 Å². The smallest absolute Gasteiger partial charge is 0.233 e. The molecule has 6 nitrogen and oxygen atoms in total. The lowest BCUT2D eigenvalue weighted by atomic mass is 10.3. The van der Waals surface area contributed by atoms with E-state index in [2.05, 4.69) is 10.6 Å². The van der Waals surface area contributed by atoms with Crippen molar-refractivity contribution in [1.29, 1.82) is 0 Å². The van der Waals surface area contributed by atoms with E-state index >= 15 is 0 Å². The molecule has 0 radical (unpaired) electrons. The molecule has 0 aliphatic heterocycles. The van der Waals surface area contributed by atoms with E-state index in [1.165, 1.54) is 0 Å². The molecule has 0 aliphatic carbocycles. The second kappa shape index (κ2) is 11.4. The SMILES string of the molecule is CCCNC(=O)CNCC(O)COC(C)COC. The van der Waals surface area contributed by atoms with E-state index in [9.17, 15) is 9.90 Å². The van der Waals surface area contributed by atoms with Crippen LogP contribution in [-0.4, -0.2) is 63.2 Å². The van der Waals surface area contributed by atoms with E-state index in [0.29, 0.717) is 19.7 Å². The maximum atomic E-state index is 11.2. The minimum absolute atomic E-state index is 0.0440. The molecule has 2 unspecified atom stereocenters. The van der Waals surface area contributed by atoms with Crippen molar-refractivity contribution >= 4 is 5.91 Å². The van der Waals surface area contributed by atoms with Crippen LogP contribution in [0.2, 0.25) is 0 Å². The van der Waals surface area contributed by atoms with E-state index in [-0.39, 0.29) is 25.2 Å². The fraction of sp³-hybridized carbons (Fsp3) is 0.917. The Morgan fingerprint density at radius 1 is 1.39 bits per heavy atom. The molecule has 0 spiro atoms. The predicted molar refractivity (Wildman–Crippen MR) is 69.5 cm³/mol. The Morgan fingerprint density at radius 3 is 2.72 bits per heavy atom. The molecule has 3 N–H and O–H groups in total. The second-order valence-corrected chi connectivity index (χ2v) is 4.23. The van der Waals surface area contributed by atoms with Crippen molar-refractivity contribution in [1.82, 2.24) is 10.6 Å². The zero-order valence-electron chi connectivity index (χ0n) is 11.6. The van der Waals surface area contributed by atoms with Crippen LogP contribution in [0.1, 0.15) is 20.3 Å². The highest BCUT2D eigenvalue weighted by molar-refractivity contribution is 5.77. The summed E-state index contributed by atoms with van der Waals surface area (Å²) in [5, 5.41) is 15.2. The highest BCUT2D eigenvalue weighted by Gasteiger charge is 2.08. The van der Waals surface area contributed by atoms with Crippen molar-refractivity contribution in [3.05, 3.63) is 0 Å². The van der Waals surface area contributed by atoms with E-state index < -0.39 is 6.10 Å². The third-order valence-electron chi connectivity index (χ3n) is 2.21. The third-order valence-corrected chi connectivity index (χ3v) is 2.21. The number of methoxy groups -OCH3 is 1. The van der Waals surface area contributed by atoms with Gasteiger partial charge in [0, 0.05) is 20.2 Å². The molecule has 2 atom stereocenters. The van der Waals surface area contributed by atoms with Crippen molar-refractivity contribution < 1.29 is 19.4 Å². The Bertz CT molecular complexity index is 214. The van der Waals surface area contributed by atoms with Crippen LogP contribution in [0.15, 0.2) is 0 Å². The molecule has 108 valence electrons. The summed E-state index contributed by atoms with van der Waals surface area (Å²) in [6.45, 7) is 5.83. The number of aliphatic hydroxyl groups is 1. The van der Waals surface area contributed by atoms with Crippen molar-refractivity contribution in [2.75, 3.05) is 40.0 Å². The summed E-state index contributed by atoms with van der Waals surface area (Å²) in [6, 6.07) is 0. The van der Waals surface area contributed by atoms with E-state index in [4.69, 9.17) is 9.47 Å². The van der Waals surface area contributed by atoms with Gasteiger partial charge in [-0.25, -0.2) is 0 Å². The van der Waals surface area contributed by atoms with Crippen LogP contribution < -0.4 is 10.6 Å². The van der Waals surface area contributed by atoms with Crippen LogP contribution in [0, 0.1) is 0 Å². The van der Waals surface area contributed by atoms with Gasteiger partial charge in [-0.1, -0.05) is 6.92 Å². The Kier molecular flexibility index (Phi) is 11.0. The molecule has 0 aromatic heterocycles. The van der Waals surface area contributed by atoms with Gasteiger partial charge in [0.2, 0.25) is 5.91 Å². The lowest BCUT2D eigenvalue weighted by Gasteiger charge is -2.16. The Labute approximate surface area is 109 Å². The first-order valence-electron chi connectivity index (χ1n) is 6.36. The largest absolute Gasteiger partial charge is 0.389 e. The molecule has 0 fully saturated rings. The van der Waals surface area contributed by atoms with Gasteiger partial charge in [-0.15, -0.1) is 0 Å². The molecule has 0 heterocycles. The zero-order valence-corrected chi connectivity index (χ0v) is 11.6. The summed E-state index contributed by atoms with van der Waals surface area (Å²) in [7, 11) is 1.60. The number of rotatable bonds is 11. The van der Waals surface area contributed by atoms with E-state index in [0.717, 1.165) is 6.42 Å². The molecule has 0 saturated heterocycles. The maximum absolute atomic E-state index is 11.2. The molecule has 0 aromatic carbocycles. The number of carbonyl (C=O) groups is 1. The molecule has 1 amide bonds. The number of ether oxygens (including phenoxy) is 2. The highest BCUT2D eigenvalue weighted by Crippen LogP contribution is 1.93. The molecule has 0 saturated carbocycles. The standard InChI is InChI=1S/C12H26N2O4/c1-4-5-14-12(16)7-13-6-11(15)9-18-10(2)8-17-3/h10-11,13,15H,4-9H2,1-3H3,(H,14,16). The van der Waals surface area contributed by atoms with Crippen LogP contribution in [0.3, 0.4) is 0 Å². The summed E-state index contributed by atoms with van der Waals surface area (Å²) >= 11 is 0. The van der Waals surface area contributed by atoms with E-state index in [1.807, 2.05) is 13.8 Å². The van der Waals surface area contributed by atoms with Gasteiger partial charge >= 0.3 is 0 Å². The van der Waals surface area contributed by atoms with Gasteiger partial charge < -0.3 is 25.2 Å². The van der Waals surface area contributed by atoms with Crippen LogP contribution >= 0.6 is 0 Å². The monoisotopic (exact) mass is 262 g/mol. The number of amides is 1. The van der Waals surface area contributed by atoms with Gasteiger partial charge in [-0.2, -0.15) is 0 Å². The Hall–Kier alpha value is -0.690. The van der Waals surface area contributed by atoms with Gasteiger partial charge in [0.15, 0.2) is 0 Å². The number of hydrogen-bond acceptors (Lipinski definition) is 5. The second-order valence-electron chi connectivity index (χ2n) is 4.23. The normalized spacial score (nSPS) is 14.2. The first-order chi connectivity index (χ1) is 8.60. The number of hydrogen-bond donors (Lipinski definition) is 3. The minimum Gasteiger partial charge on any atom is -0.389 e. The number of carbonyl (C=O) groups excluding carboxylic acids is 1. The Morgan fingerprint density at radius 2 is 2.11 bits per heavy atom. The summed E-state index contributed by atoms with van der Waals surface area (Å²) < 4.78 is 10.3. The maximum Gasteiger partial charge on any atom is 0.233 e. The van der Waals surface area contributed by atoms with Crippen LogP contribution in [-0.2, 0) is 14.3 Å². The van der Waals surface area contributed by atoms with Crippen molar-refractivity contribution in [3.8, 4) is 0 Å². The fourth-order valence-corrected chi connectivity index (χ4v) is 1.30. The van der Waals surface area contributed by atoms with Crippen LogP contribution in [0.25, 0.3) is 0 Å². The van der Waals surface area contributed by atoms with Crippen molar-refractivity contribution in [3.63, 3.8) is 0 Å². The predicted octanol–water partition coefficient (Wildman–Crippen LogP) is -0.485. The molecule has 0 aromatic rings. The first kappa shape index (κ1) is 17.3. The van der Waals surface area contributed by atoms with Crippen LogP contribution in [0.5, 0.6) is 0 Å². The van der Waals surface area contributed by atoms with Gasteiger partial charge in [0.25, 0.3) is 0 Å². The summed E-state index contributed by atoms with van der Waals surface area (Å²) in [4.78, 5) is 11.2. The number of nitrogens with one attached hydrogen (secondary N) is 2. The third kappa shape index (κ3) is 10.5. The average Bonchev–Trinajstić information content (AvgIpc) is 2.34. The van der Waals surface area contributed by atoms with Gasteiger partial charge in [-0.3, -0.25) is 4.79 Å². The molecule has 6 heteroatoms. The quantitative estimate of drug-likeness (QED) is 0.468. The topological polar surface area (TPSA) is 79.8 Å². The first-order valence-corrected chi connectivity index (χ1v) is 6.36. The van der Waals surface area contributed by atoms with Gasteiger partial charge in [0.1, 0.15) is 0 Å². The lowest BCUT2D eigenvalue weighted by Crippen LogP contribution is -2.39. The van der Waals surface area contributed by atoms with Crippen molar-refractivity contribution in [2.45, 2.75) is 32.5 Å². The minimum atomic E-state index is -0.622. The lowest BCUT2D eigenvalue weighted by molar-refractivity contribution is -0.120. The van der Waals surface area contributed by atoms with Gasteiger partial charge in [0.05, 0.1) is 32.0 Å². The molecular weight excluding hydrogens is 236 g/mol. The molecule has 0 bridgehead atoms. The van der Waals surface area contributed by atoms with Crippen LogP contribution in [0.4, 0.5) is 0 Å². The summed E-state index contributed by atoms with van der Waals surface area (Å²) in [5.41, 5.74) is 0. The summed E-state index contributed by atoms with van der Waals surface area (Å²) in [6.07, 6.45) is 0.250. The highest BCUT2D eigenvalue weighted by atomic mass is 16.5. The van der Waals surface area contributed by atoms with Crippen molar-refractivity contribution in [2.24, 2.45) is 0 Å². The molecule has 0 rings (SSSR count). The Balaban J connectivity index is 3.46. The molecular formula is C12H26N2O4. The number of aliphatic hydroxyl groups excluding tert-OH is 1. The summed E-state index contributed by atoms with van der Waals surface area (Å²) in [5.74, 6) is -0.0577. The average molecular weight is 262 g/mol. The zero-order chi connectivity index (χ0) is 13.8.